The summed E-state index contributed by atoms with van der Waals surface area (Å²) in [5.74, 6) is 4.44. The number of hydrogen-bond acceptors (Lipinski definition) is 3. The van der Waals surface area contributed by atoms with Gasteiger partial charge in [0, 0.05) is 0 Å². The summed E-state index contributed by atoms with van der Waals surface area (Å²) < 4.78 is 13.7. The zero-order chi connectivity index (χ0) is 13.8. The van der Waals surface area contributed by atoms with Crippen LogP contribution in [0.5, 0.6) is 0 Å². The van der Waals surface area contributed by atoms with E-state index in [0.29, 0.717) is 11.3 Å². The molecule has 0 saturated heterocycles. The number of carbonyl (C=O) groups is 1. The number of amides is 1. The fraction of sp³-hybridized carbons (Fsp3) is 0.0714. The summed E-state index contributed by atoms with van der Waals surface area (Å²) in [5.41, 5.74) is 4.19. The first-order valence-electron chi connectivity index (χ1n) is 5.75. The van der Waals surface area contributed by atoms with Crippen molar-refractivity contribution in [2.45, 2.75) is 6.92 Å². The Labute approximate surface area is 110 Å². The van der Waals surface area contributed by atoms with E-state index in [0.717, 1.165) is 5.56 Å². The molecule has 0 aliphatic heterocycles. The lowest BCUT2D eigenvalue weighted by atomic mass is 10.1. The maximum Gasteiger partial charge on any atom is 0.257 e. The molecule has 2 aromatic rings. The van der Waals surface area contributed by atoms with Gasteiger partial charge in [-0.05, 0) is 36.8 Å². The lowest BCUT2D eigenvalue weighted by molar-refractivity contribution is 0.102. The zero-order valence-corrected chi connectivity index (χ0v) is 10.4. The van der Waals surface area contributed by atoms with Crippen LogP contribution in [0.4, 0.5) is 15.8 Å². The van der Waals surface area contributed by atoms with Crippen molar-refractivity contribution < 1.29 is 9.18 Å². The predicted octanol–water partition coefficient (Wildman–Crippen LogP) is 2.67. The van der Waals surface area contributed by atoms with Crippen molar-refractivity contribution in [3.05, 3.63) is 59.4 Å². The molecule has 98 valence electrons. The summed E-state index contributed by atoms with van der Waals surface area (Å²) >= 11 is 0. The summed E-state index contributed by atoms with van der Waals surface area (Å²) in [7, 11) is 0. The van der Waals surface area contributed by atoms with Crippen molar-refractivity contribution in [3.63, 3.8) is 0 Å². The van der Waals surface area contributed by atoms with E-state index in [-0.39, 0.29) is 5.69 Å². The largest absolute Gasteiger partial charge is 0.323 e. The molecule has 0 aromatic heterocycles. The molecule has 0 heterocycles. The normalized spacial score (nSPS) is 10.1. The van der Waals surface area contributed by atoms with Gasteiger partial charge in [-0.2, -0.15) is 0 Å². The number of aryl methyl sites for hydroxylation is 1. The van der Waals surface area contributed by atoms with Crippen LogP contribution in [0.3, 0.4) is 0 Å². The minimum Gasteiger partial charge on any atom is -0.323 e. The van der Waals surface area contributed by atoms with E-state index < -0.39 is 11.7 Å². The van der Waals surface area contributed by atoms with E-state index >= 15 is 0 Å². The Bertz CT molecular complexity index is 613. The smallest absolute Gasteiger partial charge is 0.257 e. The maximum atomic E-state index is 13.7. The SMILES string of the molecule is Cc1ccc(NC(=O)c2ccccc2NN)c(F)c1. The Hall–Kier alpha value is -2.40. The van der Waals surface area contributed by atoms with Crippen LogP contribution in [-0.2, 0) is 0 Å². The summed E-state index contributed by atoms with van der Waals surface area (Å²) in [6.07, 6.45) is 0. The minimum absolute atomic E-state index is 0.141. The molecule has 0 atom stereocenters. The Morgan fingerprint density at radius 3 is 2.58 bits per heavy atom. The molecule has 0 bridgehead atoms. The second-order valence-corrected chi connectivity index (χ2v) is 4.13. The molecule has 1 amide bonds. The number of rotatable bonds is 3. The second-order valence-electron chi connectivity index (χ2n) is 4.13. The van der Waals surface area contributed by atoms with Crippen molar-refractivity contribution >= 4 is 17.3 Å². The van der Waals surface area contributed by atoms with Gasteiger partial charge in [-0.25, -0.2) is 4.39 Å². The summed E-state index contributed by atoms with van der Waals surface area (Å²) in [4.78, 5) is 12.1. The van der Waals surface area contributed by atoms with Gasteiger partial charge in [0.25, 0.3) is 5.91 Å². The van der Waals surface area contributed by atoms with Gasteiger partial charge in [-0.1, -0.05) is 18.2 Å². The van der Waals surface area contributed by atoms with Crippen LogP contribution in [0.25, 0.3) is 0 Å². The van der Waals surface area contributed by atoms with Crippen molar-refractivity contribution in [1.82, 2.24) is 0 Å². The van der Waals surface area contributed by atoms with Gasteiger partial charge in [-0.15, -0.1) is 0 Å². The highest BCUT2D eigenvalue weighted by molar-refractivity contribution is 6.08. The molecule has 4 N–H and O–H groups in total. The highest BCUT2D eigenvalue weighted by Gasteiger charge is 2.12. The molecule has 0 radical (unpaired) electrons. The van der Waals surface area contributed by atoms with Crippen molar-refractivity contribution in [3.8, 4) is 0 Å². The summed E-state index contributed by atoms with van der Waals surface area (Å²) in [6, 6.07) is 11.4. The third-order valence-corrected chi connectivity index (χ3v) is 2.70. The van der Waals surface area contributed by atoms with Crippen LogP contribution in [-0.4, -0.2) is 5.91 Å². The molecule has 0 aliphatic rings. The van der Waals surface area contributed by atoms with Gasteiger partial charge in [0.15, 0.2) is 0 Å². The van der Waals surface area contributed by atoms with Crippen LogP contribution in [0.1, 0.15) is 15.9 Å². The standard InChI is InChI=1S/C14H14FN3O/c1-9-6-7-13(11(15)8-9)17-14(19)10-4-2-3-5-12(10)18-16/h2-8,18H,16H2,1H3,(H,17,19). The minimum atomic E-state index is -0.466. The van der Waals surface area contributed by atoms with E-state index in [9.17, 15) is 9.18 Å². The topological polar surface area (TPSA) is 67.2 Å². The fourth-order valence-corrected chi connectivity index (χ4v) is 1.72. The van der Waals surface area contributed by atoms with Gasteiger partial charge in [0.05, 0.1) is 16.9 Å². The average Bonchev–Trinajstić information content (AvgIpc) is 2.41. The molecule has 4 nitrogen and oxygen atoms in total. The number of benzene rings is 2. The van der Waals surface area contributed by atoms with Crippen LogP contribution in [0, 0.1) is 12.7 Å². The van der Waals surface area contributed by atoms with E-state index in [4.69, 9.17) is 5.84 Å². The monoisotopic (exact) mass is 259 g/mol. The zero-order valence-electron chi connectivity index (χ0n) is 10.4. The first kappa shape index (κ1) is 13.0. The van der Waals surface area contributed by atoms with E-state index in [1.807, 2.05) is 0 Å². The van der Waals surface area contributed by atoms with Crippen LogP contribution >= 0.6 is 0 Å². The lowest BCUT2D eigenvalue weighted by Crippen LogP contribution is -2.17. The number of halogens is 1. The Balaban J connectivity index is 2.26. The molecule has 5 heteroatoms. The molecular weight excluding hydrogens is 245 g/mol. The fourth-order valence-electron chi connectivity index (χ4n) is 1.72. The third-order valence-electron chi connectivity index (χ3n) is 2.70. The maximum absolute atomic E-state index is 13.7. The third kappa shape index (κ3) is 2.89. The number of para-hydroxylation sites is 1. The second kappa shape index (κ2) is 5.49. The first-order valence-corrected chi connectivity index (χ1v) is 5.75. The Morgan fingerprint density at radius 2 is 1.89 bits per heavy atom. The number of nitrogen functional groups attached to an aromatic ring is 1. The van der Waals surface area contributed by atoms with Crippen molar-refractivity contribution in [2.24, 2.45) is 5.84 Å². The van der Waals surface area contributed by atoms with Gasteiger partial charge < -0.3 is 10.7 Å². The molecule has 0 unspecified atom stereocenters. The van der Waals surface area contributed by atoms with Crippen LogP contribution in [0.2, 0.25) is 0 Å². The van der Waals surface area contributed by atoms with Crippen molar-refractivity contribution in [2.75, 3.05) is 10.7 Å². The molecule has 2 aromatic carbocycles. The predicted molar refractivity (Wildman–Crippen MR) is 73.3 cm³/mol. The van der Waals surface area contributed by atoms with Gasteiger partial charge in [0.1, 0.15) is 5.82 Å². The molecular formula is C14H14FN3O. The molecule has 0 fully saturated rings. The van der Waals surface area contributed by atoms with E-state index in [1.165, 1.54) is 12.1 Å². The van der Waals surface area contributed by atoms with Gasteiger partial charge in [-0.3, -0.25) is 10.6 Å². The number of hydrazine groups is 1. The molecule has 0 spiro atoms. The van der Waals surface area contributed by atoms with Crippen LogP contribution in [0.15, 0.2) is 42.5 Å². The number of anilines is 2. The number of carbonyl (C=O) groups excluding carboxylic acids is 1. The number of nitrogens with one attached hydrogen (secondary N) is 2. The number of hydrogen-bond donors (Lipinski definition) is 3. The van der Waals surface area contributed by atoms with E-state index in [1.54, 1.807) is 37.3 Å². The van der Waals surface area contributed by atoms with Crippen molar-refractivity contribution in [1.29, 1.82) is 0 Å². The Morgan fingerprint density at radius 1 is 1.16 bits per heavy atom. The van der Waals surface area contributed by atoms with Crippen LogP contribution < -0.4 is 16.6 Å². The molecule has 0 aliphatic carbocycles. The van der Waals surface area contributed by atoms with E-state index in [2.05, 4.69) is 10.7 Å². The van der Waals surface area contributed by atoms with Gasteiger partial charge >= 0.3 is 0 Å². The Kier molecular flexibility index (Phi) is 3.77. The average molecular weight is 259 g/mol. The quantitative estimate of drug-likeness (QED) is 0.586. The summed E-state index contributed by atoms with van der Waals surface area (Å²) in [6.45, 7) is 1.78. The summed E-state index contributed by atoms with van der Waals surface area (Å²) in [5, 5.41) is 2.52. The van der Waals surface area contributed by atoms with Gasteiger partial charge in [0.2, 0.25) is 0 Å². The molecule has 19 heavy (non-hydrogen) atoms. The molecule has 2 rings (SSSR count). The lowest BCUT2D eigenvalue weighted by Gasteiger charge is -2.10. The highest BCUT2D eigenvalue weighted by Crippen LogP contribution is 2.19. The number of nitrogens with two attached hydrogens (primary N) is 1. The molecule has 0 saturated carbocycles. The first-order chi connectivity index (χ1) is 9.11. The highest BCUT2D eigenvalue weighted by atomic mass is 19.1.